The number of carbonyl (C=O) groups excluding carboxylic acids is 1. The lowest BCUT2D eigenvalue weighted by Crippen LogP contribution is -2.36. The molecule has 60 valence electrons. The van der Waals surface area contributed by atoms with Crippen LogP contribution < -0.4 is 5.73 Å². The highest BCUT2D eigenvalue weighted by Gasteiger charge is 2.31. The summed E-state index contributed by atoms with van der Waals surface area (Å²) < 4.78 is 0. The summed E-state index contributed by atoms with van der Waals surface area (Å²) in [6.07, 6.45) is 0. The predicted octanol–water partition coefficient (Wildman–Crippen LogP) is -1.04. The topological polar surface area (TPSA) is 97.5 Å². The van der Waals surface area contributed by atoms with E-state index in [0.717, 1.165) is 0 Å². The Labute approximate surface area is 63.2 Å². The van der Waals surface area contributed by atoms with Crippen molar-refractivity contribution in [1.82, 2.24) is 20.6 Å². The molecule has 0 radical (unpaired) electrons. The van der Waals surface area contributed by atoms with Gasteiger partial charge in [-0.05, 0) is 13.8 Å². The van der Waals surface area contributed by atoms with Crippen LogP contribution in [-0.2, 0) is 10.2 Å². The Kier molecular flexibility index (Phi) is 1.60. The van der Waals surface area contributed by atoms with Gasteiger partial charge in [-0.15, -0.1) is 10.2 Å². The number of rotatable bonds is 2. The van der Waals surface area contributed by atoms with Crippen LogP contribution in [0.2, 0.25) is 0 Å². The van der Waals surface area contributed by atoms with Gasteiger partial charge in [0, 0.05) is 0 Å². The molecule has 3 N–H and O–H groups in total. The maximum atomic E-state index is 10.8. The monoisotopic (exact) mass is 155 g/mol. The molecule has 0 aliphatic rings. The molecule has 0 aromatic carbocycles. The van der Waals surface area contributed by atoms with E-state index in [1.165, 1.54) is 0 Å². The quantitative estimate of drug-likeness (QED) is 0.570. The van der Waals surface area contributed by atoms with Crippen LogP contribution in [0.1, 0.15) is 19.7 Å². The van der Waals surface area contributed by atoms with Gasteiger partial charge in [0.05, 0.1) is 0 Å². The predicted molar refractivity (Wildman–Crippen MR) is 36.4 cm³/mol. The Hall–Kier alpha value is -1.46. The number of nitrogens with two attached hydrogens (primary N) is 1. The van der Waals surface area contributed by atoms with Crippen LogP contribution >= 0.6 is 0 Å². The van der Waals surface area contributed by atoms with E-state index >= 15 is 0 Å². The van der Waals surface area contributed by atoms with Gasteiger partial charge >= 0.3 is 0 Å². The highest BCUT2D eigenvalue weighted by atomic mass is 16.1. The molecule has 0 fully saturated rings. The summed E-state index contributed by atoms with van der Waals surface area (Å²) in [5.41, 5.74) is 4.25. The van der Waals surface area contributed by atoms with Crippen molar-refractivity contribution >= 4 is 5.91 Å². The SMILES string of the molecule is CC(C)(C(N)=O)c1nn[nH]n1. The molecular weight excluding hydrogens is 146 g/mol. The summed E-state index contributed by atoms with van der Waals surface area (Å²) in [5.74, 6) is -0.163. The zero-order chi connectivity index (χ0) is 8.48. The Morgan fingerprint density at radius 3 is 2.64 bits per heavy atom. The molecule has 1 aromatic rings. The lowest BCUT2D eigenvalue weighted by molar-refractivity contribution is -0.122. The van der Waals surface area contributed by atoms with Gasteiger partial charge in [0.25, 0.3) is 0 Å². The van der Waals surface area contributed by atoms with Crippen LogP contribution in [0.4, 0.5) is 0 Å². The number of tetrazole rings is 1. The first-order valence-corrected chi connectivity index (χ1v) is 3.09. The standard InChI is InChI=1S/C5H9N5O/c1-5(2,3(6)11)4-7-9-10-8-4/h1-2H3,(H2,6,11)(H,7,8,9,10). The van der Waals surface area contributed by atoms with Crippen molar-refractivity contribution in [2.75, 3.05) is 0 Å². The van der Waals surface area contributed by atoms with Crippen LogP contribution in [0.15, 0.2) is 0 Å². The van der Waals surface area contributed by atoms with Crippen molar-refractivity contribution in [3.8, 4) is 0 Å². The zero-order valence-electron chi connectivity index (χ0n) is 6.33. The Bertz CT molecular complexity index is 252. The highest BCUT2D eigenvalue weighted by Crippen LogP contribution is 2.16. The molecule has 1 heterocycles. The second-order valence-electron chi connectivity index (χ2n) is 2.72. The molecule has 1 aromatic heterocycles. The molecule has 0 unspecified atom stereocenters. The van der Waals surface area contributed by atoms with Crippen LogP contribution in [0.25, 0.3) is 0 Å². The van der Waals surface area contributed by atoms with E-state index in [1.807, 2.05) is 0 Å². The fraction of sp³-hybridized carbons (Fsp3) is 0.600. The molecule has 11 heavy (non-hydrogen) atoms. The summed E-state index contributed by atoms with van der Waals surface area (Å²) >= 11 is 0. The highest BCUT2D eigenvalue weighted by molar-refractivity contribution is 5.84. The first-order chi connectivity index (χ1) is 5.05. The molecule has 0 saturated carbocycles. The van der Waals surface area contributed by atoms with Gasteiger partial charge in [-0.3, -0.25) is 4.79 Å². The largest absolute Gasteiger partial charge is 0.369 e. The summed E-state index contributed by atoms with van der Waals surface area (Å²) in [5, 5.41) is 12.9. The molecule has 0 aliphatic heterocycles. The molecule has 1 rings (SSSR count). The lowest BCUT2D eigenvalue weighted by Gasteiger charge is -2.14. The fourth-order valence-corrected chi connectivity index (χ4v) is 0.537. The molecule has 6 nitrogen and oxygen atoms in total. The number of hydrogen-bond donors (Lipinski definition) is 2. The summed E-state index contributed by atoms with van der Waals surface area (Å²) in [6, 6.07) is 0. The summed E-state index contributed by atoms with van der Waals surface area (Å²) in [4.78, 5) is 10.8. The van der Waals surface area contributed by atoms with Gasteiger partial charge in [0.15, 0.2) is 5.82 Å². The molecule has 0 atom stereocenters. The van der Waals surface area contributed by atoms with Gasteiger partial charge in [-0.2, -0.15) is 5.21 Å². The Balaban J connectivity index is 3.00. The molecular formula is C5H9N5O. The van der Waals surface area contributed by atoms with E-state index < -0.39 is 11.3 Å². The van der Waals surface area contributed by atoms with Crippen LogP contribution in [0.3, 0.4) is 0 Å². The van der Waals surface area contributed by atoms with Gasteiger partial charge in [0.1, 0.15) is 5.41 Å². The normalized spacial score (nSPS) is 11.5. The van der Waals surface area contributed by atoms with Crippen LogP contribution in [0, 0.1) is 0 Å². The molecule has 0 saturated heterocycles. The number of hydrogen-bond acceptors (Lipinski definition) is 4. The molecule has 0 aliphatic carbocycles. The molecule has 0 bridgehead atoms. The minimum atomic E-state index is -0.854. The summed E-state index contributed by atoms with van der Waals surface area (Å²) in [7, 11) is 0. The van der Waals surface area contributed by atoms with Gasteiger partial charge in [0.2, 0.25) is 5.91 Å². The number of H-pyrrole nitrogens is 1. The average molecular weight is 155 g/mol. The summed E-state index contributed by atoms with van der Waals surface area (Å²) in [6.45, 7) is 3.28. The fourth-order valence-electron chi connectivity index (χ4n) is 0.537. The van der Waals surface area contributed by atoms with Crippen LogP contribution in [-0.4, -0.2) is 26.5 Å². The third kappa shape index (κ3) is 1.19. The van der Waals surface area contributed by atoms with Gasteiger partial charge in [-0.1, -0.05) is 5.21 Å². The number of nitrogens with one attached hydrogen (secondary N) is 1. The van der Waals surface area contributed by atoms with E-state index in [-0.39, 0.29) is 0 Å². The second kappa shape index (κ2) is 2.30. The maximum Gasteiger partial charge on any atom is 0.230 e. The number of aromatic nitrogens is 4. The number of nitrogens with zero attached hydrogens (tertiary/aromatic N) is 3. The average Bonchev–Trinajstić information content (AvgIpc) is 2.37. The smallest absolute Gasteiger partial charge is 0.230 e. The van der Waals surface area contributed by atoms with Crippen molar-refractivity contribution in [2.45, 2.75) is 19.3 Å². The molecule has 6 heteroatoms. The zero-order valence-corrected chi connectivity index (χ0v) is 6.33. The van der Waals surface area contributed by atoms with Crippen molar-refractivity contribution in [2.24, 2.45) is 5.73 Å². The number of aromatic amines is 1. The van der Waals surface area contributed by atoms with E-state index in [2.05, 4.69) is 20.6 Å². The van der Waals surface area contributed by atoms with Crippen molar-refractivity contribution < 1.29 is 4.79 Å². The second-order valence-corrected chi connectivity index (χ2v) is 2.72. The van der Waals surface area contributed by atoms with Gasteiger partial charge < -0.3 is 5.73 Å². The molecule has 1 amide bonds. The third-order valence-electron chi connectivity index (χ3n) is 1.52. The molecule has 0 spiro atoms. The van der Waals surface area contributed by atoms with Crippen molar-refractivity contribution in [1.29, 1.82) is 0 Å². The maximum absolute atomic E-state index is 10.8. The first kappa shape index (κ1) is 7.64. The van der Waals surface area contributed by atoms with E-state index in [9.17, 15) is 4.79 Å². The van der Waals surface area contributed by atoms with Gasteiger partial charge in [-0.25, -0.2) is 0 Å². The van der Waals surface area contributed by atoms with E-state index in [1.54, 1.807) is 13.8 Å². The number of carbonyl (C=O) groups is 1. The minimum absolute atomic E-state index is 0.310. The van der Waals surface area contributed by atoms with Crippen molar-refractivity contribution in [3.63, 3.8) is 0 Å². The first-order valence-electron chi connectivity index (χ1n) is 3.09. The Morgan fingerprint density at radius 2 is 2.27 bits per heavy atom. The third-order valence-corrected chi connectivity index (χ3v) is 1.52. The van der Waals surface area contributed by atoms with Crippen LogP contribution in [0.5, 0.6) is 0 Å². The van der Waals surface area contributed by atoms with Crippen molar-refractivity contribution in [3.05, 3.63) is 5.82 Å². The number of primary amides is 1. The van der Waals surface area contributed by atoms with E-state index in [4.69, 9.17) is 5.73 Å². The number of amides is 1. The lowest BCUT2D eigenvalue weighted by atomic mass is 9.92. The minimum Gasteiger partial charge on any atom is -0.369 e. The Morgan fingerprint density at radius 1 is 1.64 bits per heavy atom. The van der Waals surface area contributed by atoms with E-state index in [0.29, 0.717) is 5.82 Å².